The zero-order valence-corrected chi connectivity index (χ0v) is 17.7. The Morgan fingerprint density at radius 3 is 2.39 bits per heavy atom. The van der Waals surface area contributed by atoms with Crippen molar-refractivity contribution in [2.24, 2.45) is 11.8 Å². The molecule has 0 atom stereocenters. The van der Waals surface area contributed by atoms with Crippen LogP contribution in [0, 0.1) is 18.8 Å². The maximum absolute atomic E-state index is 12.6. The molecular weight excluding hydrogens is 370 g/mol. The predicted octanol–water partition coefficient (Wildman–Crippen LogP) is 4.07. The Balaban J connectivity index is 1.46. The van der Waals surface area contributed by atoms with E-state index >= 15 is 0 Å². The number of likely N-dealkylation sites (tertiary alicyclic amines) is 1. The summed E-state index contributed by atoms with van der Waals surface area (Å²) >= 11 is 1.44. The highest BCUT2D eigenvalue weighted by molar-refractivity contribution is 7.13. The Kier molecular flexibility index (Phi) is 6.83. The highest BCUT2D eigenvalue weighted by atomic mass is 32.1. The zero-order valence-electron chi connectivity index (χ0n) is 16.9. The standard InChI is InChI=1S/C22H29N3O2S/c1-15(2)12-17-4-6-18(7-5-17)13-20(26)25-10-8-19(9-11-25)21(27)24-22-23-16(3)14-28-22/h4-7,14-15,19H,8-13H2,1-3H3,(H,23,24,27). The fraction of sp³-hybridized carbons (Fsp3) is 0.500. The van der Waals surface area contributed by atoms with Crippen LogP contribution in [0.5, 0.6) is 0 Å². The third-order valence-corrected chi connectivity index (χ3v) is 5.97. The second kappa shape index (κ2) is 9.32. The van der Waals surface area contributed by atoms with Crippen LogP contribution in [0.25, 0.3) is 0 Å². The second-order valence-corrected chi connectivity index (χ2v) is 8.89. The van der Waals surface area contributed by atoms with Gasteiger partial charge in [0.15, 0.2) is 5.13 Å². The van der Waals surface area contributed by atoms with Crippen molar-refractivity contribution in [2.75, 3.05) is 18.4 Å². The highest BCUT2D eigenvalue weighted by Crippen LogP contribution is 2.22. The number of nitrogens with one attached hydrogen (secondary N) is 1. The molecule has 6 heteroatoms. The molecule has 0 saturated carbocycles. The number of nitrogens with zero attached hydrogens (tertiary/aromatic N) is 2. The number of carbonyl (C=O) groups is 2. The topological polar surface area (TPSA) is 62.3 Å². The third-order valence-electron chi connectivity index (χ3n) is 5.09. The fourth-order valence-corrected chi connectivity index (χ4v) is 4.25. The van der Waals surface area contributed by atoms with Crippen LogP contribution in [0.2, 0.25) is 0 Å². The summed E-state index contributed by atoms with van der Waals surface area (Å²) in [5.74, 6) is 0.738. The molecule has 5 nitrogen and oxygen atoms in total. The van der Waals surface area contributed by atoms with Gasteiger partial charge in [-0.1, -0.05) is 38.1 Å². The molecular formula is C22H29N3O2S. The molecule has 0 radical (unpaired) electrons. The number of rotatable bonds is 6. The first-order valence-corrected chi connectivity index (χ1v) is 10.9. The quantitative estimate of drug-likeness (QED) is 0.796. The summed E-state index contributed by atoms with van der Waals surface area (Å²) in [6.07, 6.45) is 2.89. The van der Waals surface area contributed by atoms with Crippen molar-refractivity contribution in [3.63, 3.8) is 0 Å². The number of hydrogen-bond acceptors (Lipinski definition) is 4. The minimum Gasteiger partial charge on any atom is -0.342 e. The predicted molar refractivity (Wildman–Crippen MR) is 113 cm³/mol. The van der Waals surface area contributed by atoms with Crippen LogP contribution in [0.4, 0.5) is 5.13 Å². The number of hydrogen-bond donors (Lipinski definition) is 1. The average molecular weight is 400 g/mol. The van der Waals surface area contributed by atoms with E-state index in [1.54, 1.807) is 0 Å². The van der Waals surface area contributed by atoms with E-state index in [9.17, 15) is 9.59 Å². The molecule has 1 aromatic heterocycles. The summed E-state index contributed by atoms with van der Waals surface area (Å²) in [5.41, 5.74) is 3.28. The third kappa shape index (κ3) is 5.64. The normalized spacial score (nSPS) is 15.1. The second-order valence-electron chi connectivity index (χ2n) is 8.03. The van der Waals surface area contributed by atoms with E-state index < -0.39 is 0 Å². The molecule has 1 saturated heterocycles. The molecule has 2 amide bonds. The molecule has 0 unspecified atom stereocenters. The van der Waals surface area contributed by atoms with Crippen molar-refractivity contribution in [3.8, 4) is 0 Å². The minimum absolute atomic E-state index is 0.0159. The van der Waals surface area contributed by atoms with E-state index in [-0.39, 0.29) is 17.7 Å². The van der Waals surface area contributed by atoms with E-state index in [1.165, 1.54) is 16.9 Å². The van der Waals surface area contributed by atoms with Crippen molar-refractivity contribution < 1.29 is 9.59 Å². The summed E-state index contributed by atoms with van der Waals surface area (Å²) in [6, 6.07) is 8.37. The first kappa shape index (κ1) is 20.5. The van der Waals surface area contributed by atoms with Crippen LogP contribution in [-0.4, -0.2) is 34.8 Å². The van der Waals surface area contributed by atoms with Gasteiger partial charge in [0.05, 0.1) is 12.1 Å². The first-order valence-electron chi connectivity index (χ1n) is 9.99. The Bertz CT molecular complexity index is 805. The Morgan fingerprint density at radius 2 is 1.82 bits per heavy atom. The van der Waals surface area contributed by atoms with Gasteiger partial charge in [0.25, 0.3) is 0 Å². The number of aryl methyl sites for hydroxylation is 1. The van der Waals surface area contributed by atoms with Gasteiger partial charge >= 0.3 is 0 Å². The van der Waals surface area contributed by atoms with Crippen LogP contribution >= 0.6 is 11.3 Å². The van der Waals surface area contributed by atoms with E-state index in [2.05, 4.69) is 48.4 Å². The smallest absolute Gasteiger partial charge is 0.229 e. The van der Waals surface area contributed by atoms with Gasteiger partial charge in [0.2, 0.25) is 11.8 Å². The van der Waals surface area contributed by atoms with Crippen molar-refractivity contribution in [1.29, 1.82) is 0 Å². The Labute approximate surface area is 171 Å². The molecule has 0 aliphatic carbocycles. The van der Waals surface area contributed by atoms with Gasteiger partial charge in [0.1, 0.15) is 0 Å². The van der Waals surface area contributed by atoms with Gasteiger partial charge in [-0.05, 0) is 43.2 Å². The number of aromatic nitrogens is 1. The van der Waals surface area contributed by atoms with E-state index in [4.69, 9.17) is 0 Å². The maximum atomic E-state index is 12.6. The SMILES string of the molecule is Cc1csc(NC(=O)C2CCN(C(=O)Cc3ccc(CC(C)C)cc3)CC2)n1. The lowest BCUT2D eigenvalue weighted by molar-refractivity contribution is -0.133. The molecule has 0 bridgehead atoms. The number of benzene rings is 1. The molecule has 1 aliphatic heterocycles. The number of piperidine rings is 1. The Hall–Kier alpha value is -2.21. The molecule has 2 aromatic rings. The lowest BCUT2D eigenvalue weighted by Gasteiger charge is -2.31. The van der Waals surface area contributed by atoms with E-state index in [0.29, 0.717) is 43.4 Å². The summed E-state index contributed by atoms with van der Waals surface area (Å²) in [5, 5.41) is 5.48. The number of anilines is 1. The van der Waals surface area contributed by atoms with Gasteiger partial charge in [-0.15, -0.1) is 11.3 Å². The average Bonchev–Trinajstić information content (AvgIpc) is 3.07. The van der Waals surface area contributed by atoms with E-state index in [1.807, 2.05) is 17.2 Å². The largest absolute Gasteiger partial charge is 0.342 e. The van der Waals surface area contributed by atoms with Crippen LogP contribution in [0.15, 0.2) is 29.6 Å². The molecule has 1 aliphatic rings. The summed E-state index contributed by atoms with van der Waals surface area (Å²) in [4.78, 5) is 31.2. The Morgan fingerprint density at radius 1 is 1.18 bits per heavy atom. The minimum atomic E-state index is -0.0522. The highest BCUT2D eigenvalue weighted by Gasteiger charge is 2.27. The number of amides is 2. The molecule has 3 rings (SSSR count). The summed E-state index contributed by atoms with van der Waals surface area (Å²) < 4.78 is 0. The van der Waals surface area contributed by atoms with Crippen LogP contribution in [0.3, 0.4) is 0 Å². The molecule has 28 heavy (non-hydrogen) atoms. The monoisotopic (exact) mass is 399 g/mol. The number of thiazole rings is 1. The van der Waals surface area contributed by atoms with Crippen LogP contribution < -0.4 is 5.32 Å². The van der Waals surface area contributed by atoms with Gasteiger partial charge in [-0.3, -0.25) is 9.59 Å². The zero-order chi connectivity index (χ0) is 20.1. The molecule has 1 fully saturated rings. The lowest BCUT2D eigenvalue weighted by Crippen LogP contribution is -2.42. The van der Waals surface area contributed by atoms with Gasteiger partial charge in [-0.25, -0.2) is 4.98 Å². The molecule has 1 aromatic carbocycles. The van der Waals surface area contributed by atoms with E-state index in [0.717, 1.165) is 17.7 Å². The maximum Gasteiger partial charge on any atom is 0.229 e. The van der Waals surface area contributed by atoms with Gasteiger partial charge in [0, 0.05) is 24.4 Å². The van der Waals surface area contributed by atoms with Crippen molar-refractivity contribution in [2.45, 2.75) is 46.5 Å². The van der Waals surface area contributed by atoms with Crippen molar-refractivity contribution >= 4 is 28.3 Å². The van der Waals surface area contributed by atoms with Gasteiger partial charge < -0.3 is 10.2 Å². The van der Waals surface area contributed by atoms with Gasteiger partial charge in [-0.2, -0.15) is 0 Å². The fourth-order valence-electron chi connectivity index (χ4n) is 3.56. The van der Waals surface area contributed by atoms with Crippen LogP contribution in [-0.2, 0) is 22.4 Å². The molecule has 2 heterocycles. The summed E-state index contributed by atoms with van der Waals surface area (Å²) in [7, 11) is 0. The summed E-state index contributed by atoms with van der Waals surface area (Å²) in [6.45, 7) is 7.60. The molecule has 150 valence electrons. The molecule has 0 spiro atoms. The first-order chi connectivity index (χ1) is 13.4. The molecule has 1 N–H and O–H groups in total. The van der Waals surface area contributed by atoms with Crippen molar-refractivity contribution in [1.82, 2.24) is 9.88 Å². The lowest BCUT2D eigenvalue weighted by atomic mass is 9.95. The number of carbonyl (C=O) groups excluding carboxylic acids is 2. The van der Waals surface area contributed by atoms with Crippen molar-refractivity contribution in [3.05, 3.63) is 46.5 Å². The van der Waals surface area contributed by atoms with Crippen LogP contribution in [0.1, 0.15) is 43.5 Å².